The van der Waals surface area contributed by atoms with Crippen molar-refractivity contribution in [3.8, 4) is 11.5 Å². The quantitative estimate of drug-likeness (QED) is 0.302. The Balaban J connectivity index is 1.09. The van der Waals surface area contributed by atoms with Crippen LogP contribution in [-0.4, -0.2) is 58.8 Å². The van der Waals surface area contributed by atoms with E-state index in [-0.39, 0.29) is 17.6 Å². The molecule has 1 aliphatic heterocycles. The number of thioether (sulfide) groups is 1. The van der Waals surface area contributed by atoms with Gasteiger partial charge in [0.1, 0.15) is 0 Å². The van der Waals surface area contributed by atoms with Crippen LogP contribution in [0.4, 0.5) is 11.4 Å². The van der Waals surface area contributed by atoms with Gasteiger partial charge in [0, 0.05) is 53.2 Å². The average molecular weight is 578 g/mol. The van der Waals surface area contributed by atoms with Gasteiger partial charge >= 0.3 is 0 Å². The Morgan fingerprint density at radius 2 is 1.68 bits per heavy atom. The molecule has 0 atom stereocenters. The van der Waals surface area contributed by atoms with Gasteiger partial charge in [0.25, 0.3) is 11.1 Å². The van der Waals surface area contributed by atoms with Crippen LogP contribution in [0.5, 0.6) is 0 Å². The second-order valence-electron chi connectivity index (χ2n) is 8.41. The third kappa shape index (κ3) is 6.39. The minimum Gasteiger partial charge on any atom is -0.411 e. The van der Waals surface area contributed by atoms with E-state index in [4.69, 9.17) is 4.42 Å². The average Bonchev–Trinajstić information content (AvgIpc) is 3.42. The maximum absolute atomic E-state index is 12.7. The molecule has 1 fully saturated rings. The van der Waals surface area contributed by atoms with E-state index in [0.29, 0.717) is 29.9 Å². The van der Waals surface area contributed by atoms with Crippen molar-refractivity contribution in [3.63, 3.8) is 0 Å². The van der Waals surface area contributed by atoms with Gasteiger partial charge in [-0.25, -0.2) is 0 Å². The molecule has 1 aliphatic rings. The second-order valence-corrected chi connectivity index (χ2v) is 10.3. The van der Waals surface area contributed by atoms with E-state index in [1.807, 2.05) is 83.8 Å². The largest absolute Gasteiger partial charge is 0.411 e. The number of aromatic nitrogens is 2. The van der Waals surface area contributed by atoms with Crippen molar-refractivity contribution >= 4 is 50.9 Å². The third-order valence-electron chi connectivity index (χ3n) is 5.91. The van der Waals surface area contributed by atoms with Crippen LogP contribution in [0.3, 0.4) is 0 Å². The molecule has 0 aliphatic carbocycles. The van der Waals surface area contributed by atoms with E-state index in [2.05, 4.69) is 36.3 Å². The van der Waals surface area contributed by atoms with Gasteiger partial charge in [0.05, 0.1) is 5.75 Å². The second kappa shape index (κ2) is 11.6. The van der Waals surface area contributed by atoms with Crippen LogP contribution in [0.2, 0.25) is 0 Å². The molecular weight excluding hydrogens is 554 g/mol. The predicted octanol–water partition coefficient (Wildman–Crippen LogP) is 5.19. The number of halogens is 1. The summed E-state index contributed by atoms with van der Waals surface area (Å²) in [5.74, 6) is 0.471. The number of hydrogen-bond donors (Lipinski definition) is 1. The minimum atomic E-state index is -0.159. The first-order chi connectivity index (χ1) is 18.0. The molecule has 0 spiro atoms. The molecule has 3 aromatic carbocycles. The molecule has 1 saturated heterocycles. The molecule has 1 aromatic heterocycles. The summed E-state index contributed by atoms with van der Waals surface area (Å²) in [5.41, 5.74) is 3.30. The molecule has 8 nitrogen and oxygen atoms in total. The number of carbonyl (C=O) groups is 2. The maximum atomic E-state index is 12.7. The van der Waals surface area contributed by atoms with Crippen molar-refractivity contribution < 1.29 is 14.0 Å². The van der Waals surface area contributed by atoms with Crippen LogP contribution in [0.25, 0.3) is 11.5 Å². The topological polar surface area (TPSA) is 91.6 Å². The molecule has 2 amide bonds. The Bertz CT molecular complexity index is 1370. The lowest BCUT2D eigenvalue weighted by molar-refractivity contribution is -0.113. The summed E-state index contributed by atoms with van der Waals surface area (Å²) in [6.07, 6.45) is 0. The number of nitrogens with zero attached hydrogens (tertiary/aromatic N) is 4. The molecule has 0 unspecified atom stereocenters. The first-order valence-corrected chi connectivity index (χ1v) is 13.5. The highest BCUT2D eigenvalue weighted by molar-refractivity contribution is 9.10. The summed E-state index contributed by atoms with van der Waals surface area (Å²) < 4.78 is 6.59. The van der Waals surface area contributed by atoms with Crippen molar-refractivity contribution in [1.82, 2.24) is 15.1 Å². The van der Waals surface area contributed by atoms with Gasteiger partial charge < -0.3 is 19.5 Å². The molecule has 1 N–H and O–H groups in total. The number of nitrogens with one attached hydrogen (secondary N) is 1. The molecule has 0 saturated carbocycles. The van der Waals surface area contributed by atoms with Gasteiger partial charge in [-0.2, -0.15) is 0 Å². The summed E-state index contributed by atoms with van der Waals surface area (Å²) >= 11 is 4.61. The Morgan fingerprint density at radius 3 is 2.41 bits per heavy atom. The molecule has 188 valence electrons. The first-order valence-electron chi connectivity index (χ1n) is 11.8. The standard InChI is InChI=1S/C27H24BrN5O3S/c28-21-8-4-7-20(17-21)25-30-31-27(36-25)37-18-24(34)29-22-9-11-23(12-10-22)32-13-15-33(16-14-32)26(35)19-5-2-1-3-6-19/h1-12,17H,13-16,18H2,(H,29,34). The maximum Gasteiger partial charge on any atom is 0.277 e. The normalized spacial score (nSPS) is 13.4. The van der Waals surface area contributed by atoms with Crippen LogP contribution < -0.4 is 10.2 Å². The van der Waals surface area contributed by atoms with Crippen molar-refractivity contribution in [2.24, 2.45) is 0 Å². The number of carbonyl (C=O) groups excluding carboxylic acids is 2. The van der Waals surface area contributed by atoms with Crippen LogP contribution >= 0.6 is 27.7 Å². The fourth-order valence-electron chi connectivity index (χ4n) is 4.02. The summed E-state index contributed by atoms with van der Waals surface area (Å²) in [6, 6.07) is 24.7. The molecule has 37 heavy (non-hydrogen) atoms. The molecule has 4 aromatic rings. The van der Waals surface area contributed by atoms with Crippen LogP contribution in [0.1, 0.15) is 10.4 Å². The van der Waals surface area contributed by atoms with Crippen LogP contribution in [0, 0.1) is 0 Å². The highest BCUT2D eigenvalue weighted by Gasteiger charge is 2.22. The molecule has 10 heteroatoms. The fourth-order valence-corrected chi connectivity index (χ4v) is 4.98. The van der Waals surface area contributed by atoms with Crippen LogP contribution in [-0.2, 0) is 4.79 Å². The van der Waals surface area contributed by atoms with Crippen molar-refractivity contribution in [2.45, 2.75) is 5.22 Å². The Kier molecular flexibility index (Phi) is 7.86. The molecule has 0 radical (unpaired) electrons. The van der Waals surface area contributed by atoms with Crippen molar-refractivity contribution in [3.05, 3.63) is 88.9 Å². The smallest absolute Gasteiger partial charge is 0.277 e. The SMILES string of the molecule is O=C(CSc1nnc(-c2cccc(Br)c2)o1)Nc1ccc(N2CCN(C(=O)c3ccccc3)CC2)cc1. The first kappa shape index (κ1) is 25.0. The van der Waals surface area contributed by atoms with Crippen molar-refractivity contribution in [2.75, 3.05) is 42.1 Å². The van der Waals surface area contributed by atoms with Gasteiger partial charge in [-0.1, -0.05) is 52.0 Å². The Hall–Kier alpha value is -3.63. The van der Waals surface area contributed by atoms with E-state index in [1.165, 1.54) is 11.8 Å². The number of piperazine rings is 1. The minimum absolute atomic E-state index is 0.0704. The van der Waals surface area contributed by atoms with E-state index in [9.17, 15) is 9.59 Å². The lowest BCUT2D eigenvalue weighted by Gasteiger charge is -2.36. The zero-order valence-electron chi connectivity index (χ0n) is 19.8. The number of anilines is 2. The lowest BCUT2D eigenvalue weighted by Crippen LogP contribution is -2.48. The number of amides is 2. The lowest BCUT2D eigenvalue weighted by atomic mass is 10.1. The fraction of sp³-hybridized carbons (Fsp3) is 0.185. The summed E-state index contributed by atoms with van der Waals surface area (Å²) in [4.78, 5) is 29.2. The zero-order chi connectivity index (χ0) is 25.6. The molecule has 2 heterocycles. The Morgan fingerprint density at radius 1 is 0.919 bits per heavy atom. The predicted molar refractivity (Wildman–Crippen MR) is 148 cm³/mol. The van der Waals surface area contributed by atoms with Gasteiger partial charge in [-0.05, 0) is 54.6 Å². The van der Waals surface area contributed by atoms with Gasteiger partial charge in [-0.3, -0.25) is 9.59 Å². The third-order valence-corrected chi connectivity index (χ3v) is 7.22. The highest BCUT2D eigenvalue weighted by Crippen LogP contribution is 2.26. The van der Waals surface area contributed by atoms with E-state index < -0.39 is 0 Å². The van der Waals surface area contributed by atoms with Gasteiger partial charge in [0.15, 0.2) is 0 Å². The van der Waals surface area contributed by atoms with E-state index in [1.54, 1.807) is 0 Å². The molecule has 5 rings (SSSR count). The van der Waals surface area contributed by atoms with Crippen molar-refractivity contribution in [1.29, 1.82) is 0 Å². The number of hydrogen-bond acceptors (Lipinski definition) is 7. The van der Waals surface area contributed by atoms with Gasteiger partial charge in [-0.15, -0.1) is 10.2 Å². The van der Waals surface area contributed by atoms with E-state index in [0.717, 1.165) is 34.4 Å². The number of benzene rings is 3. The van der Waals surface area contributed by atoms with Gasteiger partial charge in [0.2, 0.25) is 11.8 Å². The highest BCUT2D eigenvalue weighted by atomic mass is 79.9. The zero-order valence-corrected chi connectivity index (χ0v) is 22.2. The molecular formula is C27H24BrN5O3S. The van der Waals surface area contributed by atoms with E-state index >= 15 is 0 Å². The number of rotatable bonds is 7. The summed E-state index contributed by atoms with van der Waals surface area (Å²) in [5, 5.41) is 11.3. The monoisotopic (exact) mass is 577 g/mol. The molecule has 0 bridgehead atoms. The summed E-state index contributed by atoms with van der Waals surface area (Å²) in [6.45, 7) is 2.85. The Labute approximate surface area is 227 Å². The van der Waals surface area contributed by atoms with Crippen LogP contribution in [0.15, 0.2) is 93.0 Å². The summed E-state index contributed by atoms with van der Waals surface area (Å²) in [7, 11) is 0.